The maximum Gasteiger partial charge on any atom is 0.250 e. The molecular weight excluding hydrogens is 214 g/mol. The summed E-state index contributed by atoms with van der Waals surface area (Å²) in [7, 11) is 0. The van der Waals surface area contributed by atoms with Gasteiger partial charge in [-0.05, 0) is 39.8 Å². The van der Waals surface area contributed by atoms with Gasteiger partial charge in [0.25, 0.3) is 5.91 Å². The minimum atomic E-state index is -0.302. The molecule has 3 nitrogen and oxygen atoms in total. The van der Waals surface area contributed by atoms with Crippen molar-refractivity contribution in [2.24, 2.45) is 0 Å². The molecule has 1 amide bonds. The summed E-state index contributed by atoms with van der Waals surface area (Å²) >= 11 is 0. The second kappa shape index (κ2) is 5.04. The lowest BCUT2D eigenvalue weighted by Crippen LogP contribution is -2.24. The fraction of sp³-hybridized carbons (Fsp3) is 0.357. The molecule has 0 saturated heterocycles. The molecule has 0 aromatic heterocycles. The molecule has 0 unspecified atom stereocenters. The maximum atomic E-state index is 11.6. The standard InChI is InChI=1S/C14H19NO2/c1-10(2)13(16)15-11-8-6-7-9-12(11)17-14(3,4)5/h6-9H,1H2,2-5H3,(H,15,16). The second-order valence-electron chi connectivity index (χ2n) is 4.95. The molecular formula is C14H19NO2. The summed E-state index contributed by atoms with van der Waals surface area (Å²) in [4.78, 5) is 11.6. The van der Waals surface area contributed by atoms with E-state index in [1.165, 1.54) is 0 Å². The van der Waals surface area contributed by atoms with E-state index >= 15 is 0 Å². The number of anilines is 1. The zero-order valence-electron chi connectivity index (χ0n) is 10.8. The van der Waals surface area contributed by atoms with Gasteiger partial charge in [-0.2, -0.15) is 0 Å². The lowest BCUT2D eigenvalue weighted by atomic mass is 10.2. The molecule has 0 fully saturated rings. The van der Waals surface area contributed by atoms with Crippen molar-refractivity contribution < 1.29 is 9.53 Å². The van der Waals surface area contributed by atoms with Crippen LogP contribution in [0.2, 0.25) is 0 Å². The SMILES string of the molecule is C=C(C)C(=O)Nc1ccccc1OC(C)(C)C. The van der Waals surface area contributed by atoms with Crippen molar-refractivity contribution in [2.45, 2.75) is 33.3 Å². The van der Waals surface area contributed by atoms with E-state index in [-0.39, 0.29) is 11.5 Å². The van der Waals surface area contributed by atoms with Crippen LogP contribution in [0.5, 0.6) is 5.75 Å². The Bertz CT molecular complexity index is 430. The van der Waals surface area contributed by atoms with Crippen molar-refractivity contribution in [3.63, 3.8) is 0 Å². The number of carbonyl (C=O) groups excluding carboxylic acids is 1. The van der Waals surface area contributed by atoms with Crippen LogP contribution in [0.4, 0.5) is 5.69 Å². The Morgan fingerprint density at radius 2 is 1.88 bits per heavy atom. The van der Waals surface area contributed by atoms with Gasteiger partial charge in [-0.1, -0.05) is 18.7 Å². The number of para-hydroxylation sites is 2. The highest BCUT2D eigenvalue weighted by Gasteiger charge is 2.15. The Balaban J connectivity index is 2.92. The summed E-state index contributed by atoms with van der Waals surface area (Å²) in [5.41, 5.74) is 0.829. The largest absolute Gasteiger partial charge is 0.486 e. The third kappa shape index (κ3) is 4.31. The molecule has 1 rings (SSSR count). The van der Waals surface area contributed by atoms with Crippen molar-refractivity contribution >= 4 is 11.6 Å². The average Bonchev–Trinajstić information content (AvgIpc) is 2.18. The highest BCUT2D eigenvalue weighted by Crippen LogP contribution is 2.27. The third-order valence-electron chi connectivity index (χ3n) is 1.94. The first-order chi connectivity index (χ1) is 7.79. The minimum absolute atomic E-state index is 0.199. The molecule has 1 aromatic carbocycles. The zero-order chi connectivity index (χ0) is 13.1. The Kier molecular flexibility index (Phi) is 3.94. The Labute approximate surface area is 102 Å². The van der Waals surface area contributed by atoms with Crippen LogP contribution in [0, 0.1) is 0 Å². The van der Waals surface area contributed by atoms with Crippen LogP contribution in [0.15, 0.2) is 36.4 Å². The van der Waals surface area contributed by atoms with Gasteiger partial charge in [0.1, 0.15) is 11.4 Å². The van der Waals surface area contributed by atoms with Crippen LogP contribution in [0.3, 0.4) is 0 Å². The van der Waals surface area contributed by atoms with Gasteiger partial charge in [-0.3, -0.25) is 4.79 Å². The normalized spacial score (nSPS) is 10.8. The maximum absolute atomic E-state index is 11.6. The number of nitrogens with one attached hydrogen (secondary N) is 1. The van der Waals surface area contributed by atoms with Crippen LogP contribution in [-0.4, -0.2) is 11.5 Å². The highest BCUT2D eigenvalue weighted by molar-refractivity contribution is 6.03. The molecule has 0 aliphatic carbocycles. The summed E-state index contributed by atoms with van der Waals surface area (Å²) in [5.74, 6) is 0.463. The van der Waals surface area contributed by atoms with Crippen molar-refractivity contribution in [3.8, 4) is 5.75 Å². The predicted molar refractivity (Wildman–Crippen MR) is 70.3 cm³/mol. The smallest absolute Gasteiger partial charge is 0.250 e. The number of hydrogen-bond acceptors (Lipinski definition) is 2. The van der Waals surface area contributed by atoms with Crippen LogP contribution in [0.1, 0.15) is 27.7 Å². The summed E-state index contributed by atoms with van der Waals surface area (Å²) in [6, 6.07) is 7.36. The first-order valence-electron chi connectivity index (χ1n) is 5.54. The molecule has 92 valence electrons. The molecule has 0 spiro atoms. The monoisotopic (exact) mass is 233 g/mol. The molecule has 17 heavy (non-hydrogen) atoms. The molecule has 1 aromatic rings. The quantitative estimate of drug-likeness (QED) is 0.813. The Hall–Kier alpha value is -1.77. The zero-order valence-corrected chi connectivity index (χ0v) is 10.8. The van der Waals surface area contributed by atoms with E-state index in [0.717, 1.165) is 0 Å². The summed E-state index contributed by atoms with van der Waals surface area (Å²) in [5, 5.41) is 2.77. The van der Waals surface area contributed by atoms with Gasteiger partial charge in [-0.15, -0.1) is 0 Å². The molecule has 0 bridgehead atoms. The number of hydrogen-bond donors (Lipinski definition) is 1. The summed E-state index contributed by atoms with van der Waals surface area (Å²) in [6.07, 6.45) is 0. The first-order valence-corrected chi connectivity index (χ1v) is 5.54. The molecule has 3 heteroatoms. The van der Waals surface area contributed by atoms with Gasteiger partial charge >= 0.3 is 0 Å². The van der Waals surface area contributed by atoms with E-state index in [1.807, 2.05) is 45.0 Å². The van der Waals surface area contributed by atoms with E-state index < -0.39 is 0 Å². The Morgan fingerprint density at radius 1 is 1.29 bits per heavy atom. The van der Waals surface area contributed by atoms with Crippen molar-refractivity contribution in [2.75, 3.05) is 5.32 Å². The number of carbonyl (C=O) groups is 1. The first kappa shape index (κ1) is 13.3. The molecule has 0 radical (unpaired) electrons. The third-order valence-corrected chi connectivity index (χ3v) is 1.94. The molecule has 0 saturated carbocycles. The van der Waals surface area contributed by atoms with Gasteiger partial charge in [0.05, 0.1) is 5.69 Å². The van der Waals surface area contributed by atoms with Gasteiger partial charge in [0.2, 0.25) is 0 Å². The fourth-order valence-corrected chi connectivity index (χ4v) is 1.22. The number of rotatable bonds is 3. The number of benzene rings is 1. The predicted octanol–water partition coefficient (Wildman–Crippen LogP) is 3.38. The number of ether oxygens (including phenoxy) is 1. The lowest BCUT2D eigenvalue weighted by Gasteiger charge is -2.23. The van der Waals surface area contributed by atoms with Crippen LogP contribution < -0.4 is 10.1 Å². The average molecular weight is 233 g/mol. The highest BCUT2D eigenvalue weighted by atomic mass is 16.5. The van der Waals surface area contributed by atoms with Crippen LogP contribution in [-0.2, 0) is 4.79 Å². The fourth-order valence-electron chi connectivity index (χ4n) is 1.22. The Morgan fingerprint density at radius 3 is 2.41 bits per heavy atom. The lowest BCUT2D eigenvalue weighted by molar-refractivity contribution is -0.112. The van der Waals surface area contributed by atoms with E-state index in [1.54, 1.807) is 6.92 Å². The molecule has 0 heterocycles. The number of amides is 1. The summed E-state index contributed by atoms with van der Waals surface area (Å²) in [6.45, 7) is 11.2. The van der Waals surface area contributed by atoms with E-state index in [0.29, 0.717) is 17.0 Å². The van der Waals surface area contributed by atoms with E-state index in [4.69, 9.17) is 4.74 Å². The van der Waals surface area contributed by atoms with Gasteiger partial charge in [-0.25, -0.2) is 0 Å². The van der Waals surface area contributed by atoms with E-state index in [9.17, 15) is 4.79 Å². The summed E-state index contributed by atoms with van der Waals surface area (Å²) < 4.78 is 5.77. The van der Waals surface area contributed by atoms with Gasteiger partial charge in [0.15, 0.2) is 0 Å². The molecule has 1 N–H and O–H groups in total. The van der Waals surface area contributed by atoms with Crippen molar-refractivity contribution in [3.05, 3.63) is 36.4 Å². The molecule has 0 aliphatic rings. The second-order valence-corrected chi connectivity index (χ2v) is 4.95. The topological polar surface area (TPSA) is 38.3 Å². The van der Waals surface area contributed by atoms with Gasteiger partial charge < -0.3 is 10.1 Å². The van der Waals surface area contributed by atoms with Crippen LogP contribution >= 0.6 is 0 Å². The van der Waals surface area contributed by atoms with E-state index in [2.05, 4.69) is 11.9 Å². The minimum Gasteiger partial charge on any atom is -0.486 e. The van der Waals surface area contributed by atoms with Crippen molar-refractivity contribution in [1.29, 1.82) is 0 Å². The van der Waals surface area contributed by atoms with Crippen LogP contribution in [0.25, 0.3) is 0 Å². The van der Waals surface area contributed by atoms with Crippen molar-refractivity contribution in [1.82, 2.24) is 0 Å². The van der Waals surface area contributed by atoms with Gasteiger partial charge in [0, 0.05) is 5.57 Å². The molecule has 0 atom stereocenters. The molecule has 0 aliphatic heterocycles.